The SMILES string of the molecule is N=C(N)c1csc(CNC(=O)[C@@H]2CCCN2C(=O)[C@@H](CC2CCCCC2)NCC(=O)O)n1. The van der Waals surface area contributed by atoms with Crippen LogP contribution in [0.4, 0.5) is 0 Å². The zero-order chi connectivity index (χ0) is 23.1. The highest BCUT2D eigenvalue weighted by atomic mass is 32.1. The van der Waals surface area contributed by atoms with Crippen molar-refractivity contribution in [3.05, 3.63) is 16.1 Å². The van der Waals surface area contributed by atoms with Gasteiger partial charge in [0.1, 0.15) is 22.6 Å². The summed E-state index contributed by atoms with van der Waals surface area (Å²) in [4.78, 5) is 43.1. The number of carbonyl (C=O) groups excluding carboxylic acids is 2. The molecule has 0 radical (unpaired) electrons. The van der Waals surface area contributed by atoms with E-state index in [0.717, 1.165) is 32.1 Å². The second-order valence-electron chi connectivity index (χ2n) is 8.51. The number of carbonyl (C=O) groups is 3. The first-order valence-electron chi connectivity index (χ1n) is 11.2. The number of carboxylic acid groups (broad SMARTS) is 1. The van der Waals surface area contributed by atoms with Gasteiger partial charge in [-0.1, -0.05) is 32.1 Å². The van der Waals surface area contributed by atoms with Crippen LogP contribution in [0.2, 0.25) is 0 Å². The highest BCUT2D eigenvalue weighted by Crippen LogP contribution is 2.29. The average Bonchev–Trinajstić information content (AvgIpc) is 3.45. The minimum absolute atomic E-state index is 0.121. The number of amidine groups is 1. The van der Waals surface area contributed by atoms with Crippen molar-refractivity contribution in [2.24, 2.45) is 11.7 Å². The lowest BCUT2D eigenvalue weighted by Gasteiger charge is -2.31. The number of aliphatic carboxylic acids is 1. The summed E-state index contributed by atoms with van der Waals surface area (Å²) in [5.41, 5.74) is 5.81. The molecule has 0 unspecified atom stereocenters. The highest BCUT2D eigenvalue weighted by molar-refractivity contribution is 7.09. The van der Waals surface area contributed by atoms with Crippen molar-refractivity contribution in [2.45, 2.75) is 70.0 Å². The zero-order valence-corrected chi connectivity index (χ0v) is 19.0. The number of aromatic nitrogens is 1. The number of amides is 2. The molecule has 6 N–H and O–H groups in total. The van der Waals surface area contributed by atoms with Gasteiger partial charge < -0.3 is 21.1 Å². The van der Waals surface area contributed by atoms with E-state index in [1.54, 1.807) is 10.3 Å². The number of nitrogens with zero attached hydrogens (tertiary/aromatic N) is 2. The van der Waals surface area contributed by atoms with Gasteiger partial charge in [-0.05, 0) is 25.2 Å². The first-order chi connectivity index (χ1) is 15.3. The Morgan fingerprint density at radius 3 is 2.66 bits per heavy atom. The number of likely N-dealkylation sites (tertiary alicyclic amines) is 1. The van der Waals surface area contributed by atoms with Crippen molar-refractivity contribution < 1.29 is 19.5 Å². The average molecular weight is 465 g/mol. The largest absolute Gasteiger partial charge is 0.480 e. The molecule has 0 spiro atoms. The monoisotopic (exact) mass is 464 g/mol. The van der Waals surface area contributed by atoms with Gasteiger partial charge in [0.25, 0.3) is 0 Å². The van der Waals surface area contributed by atoms with E-state index in [2.05, 4.69) is 15.6 Å². The summed E-state index contributed by atoms with van der Waals surface area (Å²) in [5, 5.41) is 24.6. The predicted octanol–water partition coefficient (Wildman–Crippen LogP) is 1.05. The molecule has 2 fully saturated rings. The molecule has 11 heteroatoms. The molecule has 2 aliphatic rings. The Morgan fingerprint density at radius 2 is 2.00 bits per heavy atom. The topological polar surface area (TPSA) is 162 Å². The molecule has 2 amide bonds. The van der Waals surface area contributed by atoms with Gasteiger partial charge >= 0.3 is 5.97 Å². The van der Waals surface area contributed by atoms with Gasteiger partial charge in [0, 0.05) is 11.9 Å². The maximum absolute atomic E-state index is 13.3. The third-order valence-electron chi connectivity index (χ3n) is 6.17. The van der Waals surface area contributed by atoms with E-state index in [1.807, 2.05) is 0 Å². The molecule has 176 valence electrons. The predicted molar refractivity (Wildman–Crippen MR) is 120 cm³/mol. The minimum Gasteiger partial charge on any atom is -0.480 e. The lowest BCUT2D eigenvalue weighted by atomic mass is 9.84. The van der Waals surface area contributed by atoms with Crippen LogP contribution in [0, 0.1) is 11.3 Å². The molecule has 1 saturated heterocycles. The van der Waals surface area contributed by atoms with Crippen LogP contribution in [-0.2, 0) is 20.9 Å². The van der Waals surface area contributed by atoms with E-state index in [4.69, 9.17) is 16.2 Å². The van der Waals surface area contributed by atoms with Gasteiger partial charge in [-0.15, -0.1) is 11.3 Å². The highest BCUT2D eigenvalue weighted by Gasteiger charge is 2.38. The van der Waals surface area contributed by atoms with Gasteiger partial charge in [0.15, 0.2) is 0 Å². The van der Waals surface area contributed by atoms with Crippen molar-refractivity contribution in [1.82, 2.24) is 20.5 Å². The third-order valence-corrected chi connectivity index (χ3v) is 7.02. The van der Waals surface area contributed by atoms with E-state index in [0.29, 0.717) is 36.0 Å². The first kappa shape index (κ1) is 24.1. The molecule has 2 atom stereocenters. The Balaban J connectivity index is 1.61. The second-order valence-corrected chi connectivity index (χ2v) is 9.46. The maximum Gasteiger partial charge on any atom is 0.317 e. The van der Waals surface area contributed by atoms with Crippen LogP contribution in [-0.4, -0.2) is 63.8 Å². The van der Waals surface area contributed by atoms with E-state index in [1.165, 1.54) is 17.8 Å². The minimum atomic E-state index is -1.00. The van der Waals surface area contributed by atoms with Crippen LogP contribution in [0.3, 0.4) is 0 Å². The number of nitrogens with two attached hydrogens (primary N) is 1. The van der Waals surface area contributed by atoms with Crippen LogP contribution < -0.4 is 16.4 Å². The van der Waals surface area contributed by atoms with Crippen molar-refractivity contribution in [3.8, 4) is 0 Å². The van der Waals surface area contributed by atoms with Gasteiger partial charge in [-0.25, -0.2) is 4.98 Å². The summed E-state index contributed by atoms with van der Waals surface area (Å²) < 4.78 is 0. The molecule has 1 aliphatic carbocycles. The van der Waals surface area contributed by atoms with Crippen molar-refractivity contribution in [3.63, 3.8) is 0 Å². The number of nitrogen functional groups attached to an aromatic ring is 1. The molecule has 0 bridgehead atoms. The fourth-order valence-corrected chi connectivity index (χ4v) is 5.27. The van der Waals surface area contributed by atoms with E-state index in [9.17, 15) is 14.4 Å². The Bertz CT molecular complexity index is 838. The number of rotatable bonds is 10. The Kier molecular flexibility index (Phi) is 8.57. The van der Waals surface area contributed by atoms with E-state index < -0.39 is 18.1 Å². The molecule has 32 heavy (non-hydrogen) atoms. The van der Waals surface area contributed by atoms with Crippen LogP contribution >= 0.6 is 11.3 Å². The summed E-state index contributed by atoms with van der Waals surface area (Å²) in [6.07, 6.45) is 7.50. The number of hydrogen-bond acceptors (Lipinski definition) is 7. The van der Waals surface area contributed by atoms with Crippen molar-refractivity contribution in [1.29, 1.82) is 5.41 Å². The molecule has 3 rings (SSSR count). The zero-order valence-electron chi connectivity index (χ0n) is 18.1. The molecular weight excluding hydrogens is 432 g/mol. The lowest BCUT2D eigenvalue weighted by molar-refractivity contribution is -0.141. The van der Waals surface area contributed by atoms with Gasteiger partial charge in [-0.2, -0.15) is 0 Å². The smallest absolute Gasteiger partial charge is 0.317 e. The number of thiazole rings is 1. The summed E-state index contributed by atoms with van der Waals surface area (Å²) in [5.74, 6) is -1.17. The molecule has 1 aromatic rings. The number of carboxylic acids is 1. The van der Waals surface area contributed by atoms with Crippen molar-refractivity contribution in [2.75, 3.05) is 13.1 Å². The van der Waals surface area contributed by atoms with Crippen molar-refractivity contribution >= 4 is 35.0 Å². The summed E-state index contributed by atoms with van der Waals surface area (Å²) in [6.45, 7) is 0.410. The molecule has 1 saturated carbocycles. The fourth-order valence-electron chi connectivity index (χ4n) is 4.54. The Morgan fingerprint density at radius 1 is 1.25 bits per heavy atom. The fraction of sp³-hybridized carbons (Fsp3) is 0.667. The Hall–Kier alpha value is -2.53. The maximum atomic E-state index is 13.3. The summed E-state index contributed by atoms with van der Waals surface area (Å²) >= 11 is 1.31. The second kappa shape index (κ2) is 11.4. The van der Waals surface area contributed by atoms with E-state index in [-0.39, 0.29) is 30.7 Å². The summed E-state index contributed by atoms with van der Waals surface area (Å²) in [7, 11) is 0. The number of hydrogen-bond donors (Lipinski definition) is 5. The van der Waals surface area contributed by atoms with Gasteiger partial charge in [0.05, 0.1) is 19.1 Å². The summed E-state index contributed by atoms with van der Waals surface area (Å²) in [6, 6.07) is -1.17. The molecule has 2 heterocycles. The normalized spacial score (nSPS) is 20.1. The quantitative estimate of drug-likeness (QED) is 0.255. The molecule has 1 aliphatic heterocycles. The van der Waals surface area contributed by atoms with Crippen LogP contribution in [0.5, 0.6) is 0 Å². The molecule has 0 aromatic carbocycles. The third kappa shape index (κ3) is 6.49. The lowest BCUT2D eigenvalue weighted by Crippen LogP contribution is -2.53. The van der Waals surface area contributed by atoms with Gasteiger partial charge in [0.2, 0.25) is 11.8 Å². The molecule has 1 aromatic heterocycles. The van der Waals surface area contributed by atoms with Crippen LogP contribution in [0.1, 0.15) is 62.1 Å². The molecule has 10 nitrogen and oxygen atoms in total. The first-order valence-corrected chi connectivity index (χ1v) is 12.0. The standard InChI is InChI=1S/C21H32N6O4S/c22-19(23)15-12-32-17(26-15)10-25-20(30)16-7-4-8-27(16)21(31)14(24-11-18(28)29)9-13-5-2-1-3-6-13/h12-14,16,24H,1-11H2,(H3,22,23)(H,25,30)(H,28,29)/t14-,16+/m1/s1. The number of nitrogens with one attached hydrogen (secondary N) is 3. The molecular formula is C21H32N6O4S. The van der Waals surface area contributed by atoms with Gasteiger partial charge in [-0.3, -0.25) is 25.1 Å². The Labute approximate surface area is 191 Å². The van der Waals surface area contributed by atoms with Crippen LogP contribution in [0.25, 0.3) is 0 Å². The van der Waals surface area contributed by atoms with E-state index >= 15 is 0 Å². The van der Waals surface area contributed by atoms with Crippen LogP contribution in [0.15, 0.2) is 5.38 Å².